The second-order valence-corrected chi connectivity index (χ2v) is 12.0. The van der Waals surface area contributed by atoms with E-state index in [0.29, 0.717) is 17.9 Å². The largest absolute Gasteiger partial charge is 0.497 e. The number of anilines is 1. The Morgan fingerprint density at radius 2 is 1.49 bits per heavy atom. The Balaban J connectivity index is 1.81. The number of benzene rings is 4. The van der Waals surface area contributed by atoms with Gasteiger partial charge in [0.25, 0.3) is 10.0 Å². The number of para-hydroxylation sites is 1. The molecule has 0 unspecified atom stereocenters. The lowest BCUT2D eigenvalue weighted by atomic mass is 10.0. The third-order valence-electron chi connectivity index (χ3n) is 6.84. The fourth-order valence-electron chi connectivity index (χ4n) is 4.70. The van der Waals surface area contributed by atoms with E-state index in [1.165, 1.54) is 17.0 Å². The zero-order valence-electron chi connectivity index (χ0n) is 24.0. The maximum Gasteiger partial charge on any atom is 0.264 e. The Morgan fingerprint density at radius 3 is 2.14 bits per heavy atom. The van der Waals surface area contributed by atoms with Crippen molar-refractivity contribution in [3.63, 3.8) is 0 Å². The van der Waals surface area contributed by atoms with E-state index in [1.54, 1.807) is 74.7 Å². The van der Waals surface area contributed by atoms with Gasteiger partial charge < -0.3 is 15.0 Å². The van der Waals surface area contributed by atoms with Gasteiger partial charge in [0.05, 0.1) is 22.7 Å². The van der Waals surface area contributed by atoms with Crippen molar-refractivity contribution in [3.05, 3.63) is 125 Å². The van der Waals surface area contributed by atoms with Gasteiger partial charge in [0.15, 0.2) is 0 Å². The van der Waals surface area contributed by atoms with Crippen LogP contribution in [0.2, 0.25) is 5.02 Å². The summed E-state index contributed by atoms with van der Waals surface area (Å²) >= 11 is 6.49. The number of sulfonamides is 1. The van der Waals surface area contributed by atoms with Crippen molar-refractivity contribution < 1.29 is 22.7 Å². The van der Waals surface area contributed by atoms with Gasteiger partial charge in [0, 0.05) is 19.5 Å². The van der Waals surface area contributed by atoms with Crippen LogP contribution in [-0.2, 0) is 32.6 Å². The Morgan fingerprint density at radius 1 is 0.860 bits per heavy atom. The van der Waals surface area contributed by atoms with Crippen molar-refractivity contribution in [3.8, 4) is 5.75 Å². The third-order valence-corrected chi connectivity index (χ3v) is 8.93. The first-order valence-electron chi connectivity index (χ1n) is 13.8. The highest BCUT2D eigenvalue weighted by Crippen LogP contribution is 2.31. The van der Waals surface area contributed by atoms with Crippen molar-refractivity contribution in [2.75, 3.05) is 24.5 Å². The number of carbonyl (C=O) groups is 2. The van der Waals surface area contributed by atoms with Gasteiger partial charge in [0.2, 0.25) is 11.8 Å². The van der Waals surface area contributed by atoms with E-state index >= 15 is 0 Å². The van der Waals surface area contributed by atoms with Gasteiger partial charge in [-0.1, -0.05) is 84.4 Å². The molecule has 4 aromatic carbocycles. The molecule has 1 N–H and O–H groups in total. The first kappa shape index (κ1) is 31.6. The first-order valence-corrected chi connectivity index (χ1v) is 15.6. The molecule has 0 spiro atoms. The summed E-state index contributed by atoms with van der Waals surface area (Å²) < 4.78 is 34.4. The van der Waals surface area contributed by atoms with Crippen molar-refractivity contribution in [1.82, 2.24) is 10.2 Å². The van der Waals surface area contributed by atoms with Gasteiger partial charge in [0.1, 0.15) is 18.3 Å². The van der Waals surface area contributed by atoms with Gasteiger partial charge in [-0.15, -0.1) is 0 Å². The molecule has 10 heteroatoms. The zero-order chi connectivity index (χ0) is 30.8. The second kappa shape index (κ2) is 14.7. The number of amides is 2. The average Bonchev–Trinajstić information content (AvgIpc) is 3.03. The number of nitrogens with one attached hydrogen (secondary N) is 1. The number of ether oxygens (including phenoxy) is 1. The maximum atomic E-state index is 14.4. The topological polar surface area (TPSA) is 96.0 Å². The lowest BCUT2D eigenvalue weighted by Gasteiger charge is -2.34. The highest BCUT2D eigenvalue weighted by atomic mass is 35.5. The number of carbonyl (C=O) groups excluding carboxylic acids is 2. The molecule has 0 fully saturated rings. The summed E-state index contributed by atoms with van der Waals surface area (Å²) in [7, 11) is -2.68. The van der Waals surface area contributed by atoms with Gasteiger partial charge in [-0.3, -0.25) is 13.9 Å². The molecule has 4 rings (SSSR count). The molecule has 1 atom stereocenters. The normalized spacial score (nSPS) is 11.8. The smallest absolute Gasteiger partial charge is 0.264 e. The fourth-order valence-corrected chi connectivity index (χ4v) is 6.44. The number of hydrogen-bond donors (Lipinski definition) is 1. The minimum atomic E-state index is -4.22. The summed E-state index contributed by atoms with van der Waals surface area (Å²) in [5, 5.41) is 3.01. The molecule has 0 radical (unpaired) electrons. The Labute approximate surface area is 257 Å². The summed E-state index contributed by atoms with van der Waals surface area (Å²) in [6, 6.07) is 29.9. The fraction of sp³-hybridized carbons (Fsp3) is 0.212. The molecule has 43 heavy (non-hydrogen) atoms. The van der Waals surface area contributed by atoms with Crippen LogP contribution >= 0.6 is 11.6 Å². The maximum absolute atomic E-state index is 14.4. The Hall–Kier alpha value is -4.34. The van der Waals surface area contributed by atoms with E-state index in [2.05, 4.69) is 5.32 Å². The number of rotatable bonds is 13. The SMILES string of the molecule is CCNC(=O)[C@@H](Cc1ccccc1)N(Cc1cccc(OC)c1)C(=O)CN(c1ccccc1Cl)S(=O)(=O)c1ccccc1. The molecule has 8 nitrogen and oxygen atoms in total. The predicted molar refractivity (Wildman–Crippen MR) is 169 cm³/mol. The summed E-state index contributed by atoms with van der Waals surface area (Å²) in [6.45, 7) is 1.61. The zero-order valence-corrected chi connectivity index (χ0v) is 25.6. The van der Waals surface area contributed by atoms with Gasteiger partial charge in [-0.25, -0.2) is 8.42 Å². The monoisotopic (exact) mass is 619 g/mol. The van der Waals surface area contributed by atoms with Crippen LogP contribution < -0.4 is 14.4 Å². The van der Waals surface area contributed by atoms with E-state index in [4.69, 9.17) is 16.3 Å². The van der Waals surface area contributed by atoms with Crippen molar-refractivity contribution in [2.45, 2.75) is 30.8 Å². The van der Waals surface area contributed by atoms with Crippen molar-refractivity contribution in [2.24, 2.45) is 0 Å². The first-order chi connectivity index (χ1) is 20.7. The molecule has 2 amide bonds. The van der Waals surface area contributed by atoms with Crippen LogP contribution in [0.15, 0.2) is 114 Å². The van der Waals surface area contributed by atoms with E-state index in [-0.39, 0.29) is 34.5 Å². The predicted octanol–water partition coefficient (Wildman–Crippen LogP) is 5.32. The van der Waals surface area contributed by atoms with Crippen LogP contribution in [0, 0.1) is 0 Å². The summed E-state index contributed by atoms with van der Waals surface area (Å²) in [5.41, 5.74) is 1.72. The lowest BCUT2D eigenvalue weighted by Crippen LogP contribution is -2.53. The van der Waals surface area contributed by atoms with E-state index in [1.807, 2.05) is 36.4 Å². The molecule has 0 bridgehead atoms. The van der Waals surface area contributed by atoms with Gasteiger partial charge >= 0.3 is 0 Å². The van der Waals surface area contributed by atoms with Crippen LogP contribution in [0.5, 0.6) is 5.75 Å². The van der Waals surface area contributed by atoms with Gasteiger partial charge in [-0.05, 0) is 54.4 Å². The van der Waals surface area contributed by atoms with E-state index < -0.39 is 28.5 Å². The molecule has 4 aromatic rings. The molecular formula is C33H34ClN3O5S. The molecule has 0 heterocycles. The molecule has 0 aliphatic rings. The molecular weight excluding hydrogens is 586 g/mol. The lowest BCUT2D eigenvalue weighted by molar-refractivity contribution is -0.140. The second-order valence-electron chi connectivity index (χ2n) is 9.75. The number of nitrogens with zero attached hydrogens (tertiary/aromatic N) is 2. The number of methoxy groups -OCH3 is 1. The number of hydrogen-bond acceptors (Lipinski definition) is 5. The minimum absolute atomic E-state index is 0.00614. The van der Waals surface area contributed by atoms with Crippen LogP contribution in [0.4, 0.5) is 5.69 Å². The Bertz CT molecular complexity index is 1630. The summed E-state index contributed by atoms with van der Waals surface area (Å²) in [5.74, 6) is -0.334. The van der Waals surface area contributed by atoms with Crippen LogP contribution in [0.25, 0.3) is 0 Å². The van der Waals surface area contributed by atoms with E-state index in [0.717, 1.165) is 9.87 Å². The molecule has 0 saturated carbocycles. The van der Waals surface area contributed by atoms with Crippen LogP contribution in [0.1, 0.15) is 18.1 Å². The molecule has 0 aliphatic heterocycles. The number of likely N-dealkylation sites (N-methyl/N-ethyl adjacent to an activating group) is 1. The third kappa shape index (κ3) is 7.94. The quantitative estimate of drug-likeness (QED) is 0.219. The highest BCUT2D eigenvalue weighted by molar-refractivity contribution is 7.92. The number of halogens is 1. The minimum Gasteiger partial charge on any atom is -0.497 e. The standard InChI is InChI=1S/C33H34ClN3O5S/c1-3-35-33(39)31(22-25-13-6-4-7-14-25)36(23-26-15-12-16-27(21-26)42-2)32(38)24-37(30-20-11-10-19-29(30)34)43(40,41)28-17-8-5-9-18-28/h4-21,31H,3,22-24H2,1-2H3,(H,35,39)/t31-/m1/s1. The molecule has 224 valence electrons. The van der Waals surface area contributed by atoms with Crippen LogP contribution in [0.3, 0.4) is 0 Å². The van der Waals surface area contributed by atoms with E-state index in [9.17, 15) is 18.0 Å². The molecule has 0 aromatic heterocycles. The van der Waals surface area contributed by atoms with Crippen LogP contribution in [-0.4, -0.2) is 51.4 Å². The average molecular weight is 620 g/mol. The molecule has 0 saturated heterocycles. The molecule has 0 aliphatic carbocycles. The van der Waals surface area contributed by atoms with Gasteiger partial charge in [-0.2, -0.15) is 0 Å². The summed E-state index contributed by atoms with van der Waals surface area (Å²) in [4.78, 5) is 29.4. The summed E-state index contributed by atoms with van der Waals surface area (Å²) in [6.07, 6.45) is 0.222. The highest BCUT2D eigenvalue weighted by Gasteiger charge is 2.35. The van der Waals surface area contributed by atoms with Crippen molar-refractivity contribution in [1.29, 1.82) is 0 Å². The Kier molecular flexibility index (Phi) is 10.8. The van der Waals surface area contributed by atoms with Crippen molar-refractivity contribution >= 4 is 39.1 Å².